The van der Waals surface area contributed by atoms with Crippen LogP contribution in [-0.2, 0) is 16.1 Å². The van der Waals surface area contributed by atoms with Crippen molar-refractivity contribution in [3.63, 3.8) is 0 Å². The van der Waals surface area contributed by atoms with Gasteiger partial charge in [-0.1, -0.05) is 24.3 Å². The Morgan fingerprint density at radius 3 is 2.20 bits per heavy atom. The van der Waals surface area contributed by atoms with E-state index < -0.39 is 6.04 Å². The summed E-state index contributed by atoms with van der Waals surface area (Å²) >= 11 is 0. The van der Waals surface area contributed by atoms with Gasteiger partial charge in [0.25, 0.3) is 5.91 Å². The molecule has 0 radical (unpaired) electrons. The molecule has 0 aliphatic rings. The van der Waals surface area contributed by atoms with Crippen molar-refractivity contribution >= 4 is 11.8 Å². The second kappa shape index (κ2) is 10.1. The molecule has 0 spiro atoms. The van der Waals surface area contributed by atoms with Crippen LogP contribution in [0.1, 0.15) is 38.8 Å². The number of carbonyl (C=O) groups excluding carboxylic acids is 2. The number of hydrogen-bond acceptors (Lipinski definition) is 4. The van der Waals surface area contributed by atoms with Crippen LogP contribution in [0.4, 0.5) is 0 Å². The van der Waals surface area contributed by atoms with E-state index in [-0.39, 0.29) is 24.0 Å². The highest BCUT2D eigenvalue weighted by molar-refractivity contribution is 5.88. The maximum absolute atomic E-state index is 13.1. The van der Waals surface area contributed by atoms with Crippen LogP contribution in [0.3, 0.4) is 0 Å². The Labute approximate surface area is 179 Å². The molecule has 2 aromatic carbocycles. The van der Waals surface area contributed by atoms with E-state index >= 15 is 0 Å². The number of nitrogens with zero attached hydrogens (tertiary/aromatic N) is 1. The number of aryl methyl sites for hydroxylation is 1. The van der Waals surface area contributed by atoms with Gasteiger partial charge in [0.2, 0.25) is 5.91 Å². The summed E-state index contributed by atoms with van der Waals surface area (Å²) in [5.41, 5.74) is 1.67. The van der Waals surface area contributed by atoms with Crippen molar-refractivity contribution in [2.24, 2.45) is 0 Å². The quantitative estimate of drug-likeness (QED) is 0.718. The largest absolute Gasteiger partial charge is 0.497 e. The first-order chi connectivity index (χ1) is 14.1. The van der Waals surface area contributed by atoms with Gasteiger partial charge in [-0.15, -0.1) is 0 Å². The van der Waals surface area contributed by atoms with E-state index in [2.05, 4.69) is 5.32 Å². The zero-order valence-corrected chi connectivity index (χ0v) is 18.7. The molecule has 1 atom stereocenters. The Morgan fingerprint density at radius 2 is 1.63 bits per heavy atom. The second-order valence-electron chi connectivity index (χ2n) is 8.33. The van der Waals surface area contributed by atoms with Gasteiger partial charge in [-0.05, 0) is 70.0 Å². The number of amides is 2. The molecule has 2 rings (SSSR count). The number of carbonyl (C=O) groups is 2. The fraction of sp³-hybridized carbons (Fsp3) is 0.417. The van der Waals surface area contributed by atoms with Crippen LogP contribution < -0.4 is 14.8 Å². The molecule has 0 aromatic heterocycles. The number of benzene rings is 2. The molecule has 0 heterocycles. The molecule has 162 valence electrons. The van der Waals surface area contributed by atoms with Gasteiger partial charge in [0.15, 0.2) is 6.61 Å². The van der Waals surface area contributed by atoms with E-state index in [0.717, 1.165) is 11.1 Å². The summed E-state index contributed by atoms with van der Waals surface area (Å²) in [7, 11) is 1.59. The Bertz CT molecular complexity index is 856. The Balaban J connectivity index is 2.16. The molecular weight excluding hydrogens is 380 g/mol. The first-order valence-corrected chi connectivity index (χ1v) is 10.0. The van der Waals surface area contributed by atoms with Crippen LogP contribution in [0, 0.1) is 6.92 Å². The first kappa shape index (κ1) is 23.3. The van der Waals surface area contributed by atoms with E-state index in [4.69, 9.17) is 9.47 Å². The molecule has 2 aromatic rings. The van der Waals surface area contributed by atoms with Gasteiger partial charge < -0.3 is 19.7 Å². The summed E-state index contributed by atoms with van der Waals surface area (Å²) in [6.07, 6.45) is 0. The van der Waals surface area contributed by atoms with E-state index in [1.54, 1.807) is 43.2 Å². The fourth-order valence-corrected chi connectivity index (χ4v) is 2.93. The van der Waals surface area contributed by atoms with Crippen LogP contribution in [0.5, 0.6) is 11.5 Å². The van der Waals surface area contributed by atoms with Crippen molar-refractivity contribution in [3.8, 4) is 11.5 Å². The summed E-state index contributed by atoms with van der Waals surface area (Å²) < 4.78 is 10.8. The lowest BCUT2D eigenvalue weighted by atomic mass is 10.1. The molecule has 0 fully saturated rings. The van der Waals surface area contributed by atoms with Crippen LogP contribution in [-0.4, -0.2) is 42.0 Å². The number of rotatable bonds is 8. The number of ether oxygens (including phenoxy) is 2. The molecule has 0 aliphatic heterocycles. The molecule has 2 amide bonds. The highest BCUT2D eigenvalue weighted by Gasteiger charge is 2.29. The van der Waals surface area contributed by atoms with Gasteiger partial charge in [0, 0.05) is 12.1 Å². The summed E-state index contributed by atoms with van der Waals surface area (Å²) in [4.78, 5) is 27.4. The van der Waals surface area contributed by atoms with Gasteiger partial charge in [-0.2, -0.15) is 0 Å². The third-order valence-electron chi connectivity index (χ3n) is 4.69. The second-order valence-corrected chi connectivity index (χ2v) is 8.33. The fourth-order valence-electron chi connectivity index (χ4n) is 2.93. The van der Waals surface area contributed by atoms with Crippen molar-refractivity contribution in [3.05, 3.63) is 59.7 Å². The minimum Gasteiger partial charge on any atom is -0.497 e. The molecule has 0 unspecified atom stereocenters. The topological polar surface area (TPSA) is 67.9 Å². The number of nitrogens with one attached hydrogen (secondary N) is 1. The van der Waals surface area contributed by atoms with Gasteiger partial charge >= 0.3 is 0 Å². The van der Waals surface area contributed by atoms with E-state index in [1.165, 1.54) is 0 Å². The minimum absolute atomic E-state index is 0.161. The van der Waals surface area contributed by atoms with E-state index in [1.807, 2.05) is 52.0 Å². The van der Waals surface area contributed by atoms with Gasteiger partial charge in [-0.25, -0.2) is 0 Å². The van der Waals surface area contributed by atoms with Crippen molar-refractivity contribution in [2.45, 2.75) is 52.7 Å². The third-order valence-corrected chi connectivity index (χ3v) is 4.69. The van der Waals surface area contributed by atoms with E-state index in [9.17, 15) is 9.59 Å². The average Bonchev–Trinajstić information content (AvgIpc) is 2.70. The zero-order valence-electron chi connectivity index (χ0n) is 18.7. The van der Waals surface area contributed by atoms with Crippen molar-refractivity contribution < 1.29 is 19.1 Å². The Kier molecular flexibility index (Phi) is 7.86. The predicted octanol–water partition coefficient (Wildman–Crippen LogP) is 3.71. The smallest absolute Gasteiger partial charge is 0.261 e. The first-order valence-electron chi connectivity index (χ1n) is 10.0. The van der Waals surface area contributed by atoms with Crippen LogP contribution in [0.2, 0.25) is 0 Å². The molecule has 0 saturated heterocycles. The SMILES string of the molecule is COc1ccc(OCC(=O)N(Cc2ccccc2C)[C@H](C)C(=O)NC(C)(C)C)cc1. The van der Waals surface area contributed by atoms with Crippen LogP contribution in [0.15, 0.2) is 48.5 Å². The lowest BCUT2D eigenvalue weighted by molar-refractivity contribution is -0.142. The molecule has 30 heavy (non-hydrogen) atoms. The van der Waals surface area contributed by atoms with Gasteiger partial charge in [0.05, 0.1) is 7.11 Å². The molecule has 0 bridgehead atoms. The standard InChI is InChI=1S/C24H32N2O4/c1-17-9-7-8-10-19(17)15-26(18(2)23(28)25-24(3,4)5)22(27)16-30-21-13-11-20(29-6)12-14-21/h7-14,18H,15-16H2,1-6H3,(H,25,28)/t18-/m1/s1. The summed E-state index contributed by atoms with van der Waals surface area (Å²) in [6.45, 7) is 9.64. The summed E-state index contributed by atoms with van der Waals surface area (Å²) in [6, 6.07) is 14.2. The number of hydrogen-bond donors (Lipinski definition) is 1. The lowest BCUT2D eigenvalue weighted by Gasteiger charge is -2.31. The monoisotopic (exact) mass is 412 g/mol. The van der Waals surface area contributed by atoms with Crippen LogP contribution in [0.25, 0.3) is 0 Å². The zero-order chi connectivity index (χ0) is 22.3. The maximum atomic E-state index is 13.1. The Hall–Kier alpha value is -3.02. The van der Waals surface area contributed by atoms with Crippen molar-refractivity contribution in [1.29, 1.82) is 0 Å². The van der Waals surface area contributed by atoms with Gasteiger partial charge in [-0.3, -0.25) is 9.59 Å². The normalized spacial score (nSPS) is 12.1. The molecule has 0 saturated carbocycles. The van der Waals surface area contributed by atoms with Gasteiger partial charge in [0.1, 0.15) is 17.5 Å². The highest BCUT2D eigenvalue weighted by atomic mass is 16.5. The minimum atomic E-state index is -0.643. The Morgan fingerprint density at radius 1 is 1.03 bits per heavy atom. The highest BCUT2D eigenvalue weighted by Crippen LogP contribution is 2.18. The molecule has 6 heteroatoms. The molecule has 6 nitrogen and oxygen atoms in total. The number of methoxy groups -OCH3 is 1. The van der Waals surface area contributed by atoms with Crippen molar-refractivity contribution in [1.82, 2.24) is 10.2 Å². The van der Waals surface area contributed by atoms with E-state index in [0.29, 0.717) is 18.0 Å². The maximum Gasteiger partial charge on any atom is 0.261 e. The third kappa shape index (κ3) is 6.79. The molecule has 1 N–H and O–H groups in total. The predicted molar refractivity (Wildman–Crippen MR) is 118 cm³/mol. The lowest BCUT2D eigenvalue weighted by Crippen LogP contribution is -2.53. The summed E-state index contributed by atoms with van der Waals surface area (Å²) in [5.74, 6) is 0.814. The summed E-state index contributed by atoms with van der Waals surface area (Å²) in [5, 5.41) is 2.95. The average molecular weight is 413 g/mol. The molecule has 0 aliphatic carbocycles. The molecular formula is C24H32N2O4. The van der Waals surface area contributed by atoms with Crippen molar-refractivity contribution in [2.75, 3.05) is 13.7 Å². The van der Waals surface area contributed by atoms with Crippen LogP contribution >= 0.6 is 0 Å².